The highest BCUT2D eigenvalue weighted by atomic mass is 16.2. The van der Waals surface area contributed by atoms with Crippen molar-refractivity contribution >= 4 is 11.6 Å². The molecule has 28 heavy (non-hydrogen) atoms. The lowest BCUT2D eigenvalue weighted by Gasteiger charge is -2.39. The standard InChI is InChI=1S/C21H23N5O2/c1-14-20(25-9-5-4-8-18(25)22-14)21(28)24-11-15(12-24)13-26-19(27)10-16-6-2-3-7-17(16)23-26/h4-5,8-10,15H,2-3,6-7,11-13H2,1H3. The van der Waals surface area contributed by atoms with Crippen molar-refractivity contribution in [2.75, 3.05) is 13.1 Å². The lowest BCUT2D eigenvalue weighted by Crippen LogP contribution is -2.52. The van der Waals surface area contributed by atoms with Crippen molar-refractivity contribution in [2.45, 2.75) is 39.2 Å². The Bertz CT molecular complexity index is 1120. The zero-order chi connectivity index (χ0) is 19.3. The van der Waals surface area contributed by atoms with Gasteiger partial charge in [0, 0.05) is 31.3 Å². The number of carbonyl (C=O) groups is 1. The van der Waals surface area contributed by atoms with Crippen LogP contribution in [0, 0.1) is 12.8 Å². The predicted molar refractivity (Wildman–Crippen MR) is 104 cm³/mol. The van der Waals surface area contributed by atoms with Crippen LogP contribution in [0.3, 0.4) is 0 Å². The number of imidazole rings is 1. The second kappa shape index (κ2) is 6.58. The molecular weight excluding hydrogens is 354 g/mol. The van der Waals surface area contributed by atoms with E-state index in [1.807, 2.05) is 40.6 Å². The van der Waals surface area contributed by atoms with Crippen LogP contribution in [0.4, 0.5) is 0 Å². The van der Waals surface area contributed by atoms with Gasteiger partial charge in [-0.15, -0.1) is 0 Å². The fourth-order valence-corrected chi connectivity index (χ4v) is 4.35. The van der Waals surface area contributed by atoms with E-state index in [0.717, 1.165) is 48.3 Å². The van der Waals surface area contributed by atoms with Gasteiger partial charge in [0.05, 0.1) is 17.9 Å². The number of hydrogen-bond donors (Lipinski definition) is 0. The molecule has 4 heterocycles. The zero-order valence-electron chi connectivity index (χ0n) is 16.0. The van der Waals surface area contributed by atoms with Gasteiger partial charge < -0.3 is 4.90 Å². The van der Waals surface area contributed by atoms with Gasteiger partial charge in [0.1, 0.15) is 11.3 Å². The van der Waals surface area contributed by atoms with Crippen LogP contribution in [0.15, 0.2) is 35.3 Å². The van der Waals surface area contributed by atoms with Crippen LogP contribution in [-0.2, 0) is 19.4 Å². The number of pyridine rings is 1. The maximum atomic E-state index is 13.0. The van der Waals surface area contributed by atoms with Gasteiger partial charge in [-0.1, -0.05) is 6.07 Å². The van der Waals surface area contributed by atoms with Crippen LogP contribution in [0.2, 0.25) is 0 Å². The van der Waals surface area contributed by atoms with Gasteiger partial charge in [-0.3, -0.25) is 14.0 Å². The number of hydrogen-bond acceptors (Lipinski definition) is 4. The Balaban J connectivity index is 1.29. The molecular formula is C21H23N5O2. The molecule has 0 N–H and O–H groups in total. The van der Waals surface area contributed by atoms with Crippen LogP contribution >= 0.6 is 0 Å². The average molecular weight is 377 g/mol. The number of aromatic nitrogens is 4. The van der Waals surface area contributed by atoms with Gasteiger partial charge in [-0.2, -0.15) is 5.10 Å². The smallest absolute Gasteiger partial charge is 0.272 e. The molecule has 1 aliphatic carbocycles. The molecule has 1 amide bonds. The summed E-state index contributed by atoms with van der Waals surface area (Å²) in [5.41, 5.74) is 4.30. The minimum Gasteiger partial charge on any atom is -0.336 e. The van der Waals surface area contributed by atoms with Crippen LogP contribution < -0.4 is 5.56 Å². The molecule has 3 aromatic heterocycles. The van der Waals surface area contributed by atoms with Crippen molar-refractivity contribution in [1.82, 2.24) is 24.1 Å². The van der Waals surface area contributed by atoms with Crippen LogP contribution in [0.5, 0.6) is 0 Å². The quantitative estimate of drug-likeness (QED) is 0.698. The Morgan fingerprint density at radius 2 is 2.04 bits per heavy atom. The van der Waals surface area contributed by atoms with Gasteiger partial charge in [0.15, 0.2) is 0 Å². The Kier molecular flexibility index (Phi) is 4.03. The molecule has 5 rings (SSSR count). The molecule has 2 aliphatic rings. The summed E-state index contributed by atoms with van der Waals surface area (Å²) in [6.07, 6.45) is 6.07. The van der Waals surface area contributed by atoms with Crippen molar-refractivity contribution in [1.29, 1.82) is 0 Å². The van der Waals surface area contributed by atoms with Crippen molar-refractivity contribution in [3.05, 3.63) is 63.5 Å². The third kappa shape index (κ3) is 2.82. The first-order chi connectivity index (χ1) is 13.6. The Morgan fingerprint density at radius 1 is 1.21 bits per heavy atom. The van der Waals surface area contributed by atoms with E-state index in [2.05, 4.69) is 10.1 Å². The summed E-state index contributed by atoms with van der Waals surface area (Å²) in [6.45, 7) is 3.73. The number of carbonyl (C=O) groups excluding carboxylic acids is 1. The molecule has 1 fully saturated rings. The van der Waals surface area contributed by atoms with Crippen molar-refractivity contribution < 1.29 is 4.79 Å². The van der Waals surface area contributed by atoms with Crippen LogP contribution in [0.1, 0.15) is 40.3 Å². The molecule has 0 aromatic carbocycles. The number of likely N-dealkylation sites (tertiary alicyclic amines) is 1. The fraction of sp³-hybridized carbons (Fsp3) is 0.429. The van der Waals surface area contributed by atoms with E-state index in [0.29, 0.717) is 25.3 Å². The van der Waals surface area contributed by atoms with E-state index in [9.17, 15) is 9.59 Å². The van der Waals surface area contributed by atoms with E-state index in [1.165, 1.54) is 0 Å². The molecule has 1 saturated heterocycles. The largest absolute Gasteiger partial charge is 0.336 e. The highest BCUT2D eigenvalue weighted by Gasteiger charge is 2.34. The summed E-state index contributed by atoms with van der Waals surface area (Å²) >= 11 is 0. The number of aryl methyl sites for hydroxylation is 3. The van der Waals surface area contributed by atoms with E-state index >= 15 is 0 Å². The summed E-state index contributed by atoms with van der Waals surface area (Å²) in [4.78, 5) is 31.6. The van der Waals surface area contributed by atoms with E-state index in [1.54, 1.807) is 10.7 Å². The molecule has 0 bridgehead atoms. The minimum atomic E-state index is -0.0249. The number of fused-ring (bicyclic) bond motifs is 2. The molecule has 0 atom stereocenters. The number of rotatable bonds is 3. The highest BCUT2D eigenvalue weighted by Crippen LogP contribution is 2.23. The summed E-state index contributed by atoms with van der Waals surface area (Å²) in [7, 11) is 0. The second-order valence-corrected chi connectivity index (χ2v) is 7.89. The van der Waals surface area contributed by atoms with Gasteiger partial charge in [-0.05, 0) is 50.3 Å². The molecule has 0 unspecified atom stereocenters. The Morgan fingerprint density at radius 3 is 2.89 bits per heavy atom. The van der Waals surface area contributed by atoms with Crippen LogP contribution in [-0.4, -0.2) is 43.1 Å². The van der Waals surface area contributed by atoms with Crippen molar-refractivity contribution in [2.24, 2.45) is 5.92 Å². The first-order valence-corrected chi connectivity index (χ1v) is 9.93. The molecule has 144 valence electrons. The topological polar surface area (TPSA) is 72.5 Å². The maximum Gasteiger partial charge on any atom is 0.272 e. The van der Waals surface area contributed by atoms with Crippen molar-refractivity contribution in [3.8, 4) is 0 Å². The molecule has 0 saturated carbocycles. The summed E-state index contributed by atoms with van der Waals surface area (Å²) < 4.78 is 3.44. The molecule has 0 radical (unpaired) electrons. The number of amides is 1. The summed E-state index contributed by atoms with van der Waals surface area (Å²) in [6, 6.07) is 7.47. The molecule has 0 spiro atoms. The summed E-state index contributed by atoms with van der Waals surface area (Å²) in [5.74, 6) is 0.258. The normalized spacial score (nSPS) is 16.8. The first-order valence-electron chi connectivity index (χ1n) is 9.93. The van der Waals surface area contributed by atoms with Crippen molar-refractivity contribution in [3.63, 3.8) is 0 Å². The monoisotopic (exact) mass is 377 g/mol. The second-order valence-electron chi connectivity index (χ2n) is 7.89. The third-order valence-electron chi connectivity index (χ3n) is 5.86. The number of nitrogens with zero attached hydrogens (tertiary/aromatic N) is 5. The summed E-state index contributed by atoms with van der Waals surface area (Å²) in [5, 5.41) is 4.60. The molecule has 3 aromatic rings. The third-order valence-corrected chi connectivity index (χ3v) is 5.86. The van der Waals surface area contributed by atoms with E-state index in [4.69, 9.17) is 0 Å². The van der Waals surface area contributed by atoms with Gasteiger partial charge in [0.25, 0.3) is 11.5 Å². The zero-order valence-corrected chi connectivity index (χ0v) is 16.0. The molecule has 7 heteroatoms. The Hall–Kier alpha value is -2.96. The lowest BCUT2D eigenvalue weighted by atomic mass is 9.96. The van der Waals surface area contributed by atoms with E-state index in [-0.39, 0.29) is 17.4 Å². The van der Waals surface area contributed by atoms with Crippen LogP contribution in [0.25, 0.3) is 5.65 Å². The molecule has 1 aliphatic heterocycles. The lowest BCUT2D eigenvalue weighted by molar-refractivity contribution is 0.0450. The maximum absolute atomic E-state index is 13.0. The SMILES string of the molecule is Cc1nc2ccccn2c1C(=O)N1CC(Cn2nc3c(cc2=O)CCCC3)C1. The minimum absolute atomic E-state index is 0.00167. The van der Waals surface area contributed by atoms with E-state index < -0.39 is 0 Å². The predicted octanol–water partition coefficient (Wildman–Crippen LogP) is 1.85. The average Bonchev–Trinajstić information content (AvgIpc) is 2.99. The Labute approximate surface area is 162 Å². The highest BCUT2D eigenvalue weighted by molar-refractivity contribution is 5.95. The van der Waals surface area contributed by atoms with Gasteiger partial charge in [-0.25, -0.2) is 9.67 Å². The van der Waals surface area contributed by atoms with Gasteiger partial charge in [0.2, 0.25) is 0 Å². The fourth-order valence-electron chi connectivity index (χ4n) is 4.35. The molecule has 7 nitrogen and oxygen atoms in total. The van der Waals surface area contributed by atoms with Gasteiger partial charge >= 0.3 is 0 Å². The first kappa shape index (κ1) is 17.2.